The molecule has 4 rings (SSSR count). The van der Waals surface area contributed by atoms with Crippen molar-refractivity contribution in [3.8, 4) is 17.0 Å². The maximum absolute atomic E-state index is 12.7. The van der Waals surface area contributed by atoms with Crippen LogP contribution in [0, 0.1) is 13.8 Å². The van der Waals surface area contributed by atoms with Crippen LogP contribution in [0.4, 0.5) is 0 Å². The molecule has 2 aromatic carbocycles. The van der Waals surface area contributed by atoms with Gasteiger partial charge in [0.25, 0.3) is 0 Å². The number of carbonyl (C=O) groups excluding carboxylic acids is 1. The Morgan fingerprint density at radius 3 is 2.61 bits per heavy atom. The van der Waals surface area contributed by atoms with Gasteiger partial charge in [-0.25, -0.2) is 4.98 Å². The first-order valence-corrected chi connectivity index (χ1v) is 9.84. The van der Waals surface area contributed by atoms with E-state index in [1.165, 1.54) is 5.56 Å². The number of methoxy groups -OCH3 is 1. The number of nitrogens with zero attached hydrogens (tertiary/aromatic N) is 2. The second-order valence-electron chi connectivity index (χ2n) is 6.63. The lowest BCUT2D eigenvalue weighted by atomic mass is 10.0. The number of ketones is 1. The maximum atomic E-state index is 12.7. The van der Waals surface area contributed by atoms with Crippen LogP contribution in [0.15, 0.2) is 60.1 Å². The lowest BCUT2D eigenvalue weighted by Gasteiger charge is -2.03. The highest BCUT2D eigenvalue weighted by atomic mass is 32.1. The van der Waals surface area contributed by atoms with E-state index in [2.05, 4.69) is 0 Å². The lowest BCUT2D eigenvalue weighted by Crippen LogP contribution is -1.96. The number of aromatic nitrogens is 2. The van der Waals surface area contributed by atoms with Crippen molar-refractivity contribution in [2.75, 3.05) is 7.11 Å². The molecule has 2 aromatic heterocycles. The Morgan fingerprint density at radius 1 is 1.11 bits per heavy atom. The fraction of sp³-hybridized carbons (Fsp3) is 0.130. The van der Waals surface area contributed by atoms with Crippen LogP contribution in [-0.4, -0.2) is 22.3 Å². The number of fused-ring (bicyclic) bond motifs is 1. The first kappa shape index (κ1) is 18.2. The Balaban J connectivity index is 1.72. The topological polar surface area (TPSA) is 43.6 Å². The van der Waals surface area contributed by atoms with E-state index < -0.39 is 0 Å². The summed E-state index contributed by atoms with van der Waals surface area (Å²) in [5, 5.41) is 1.99. The number of benzene rings is 2. The van der Waals surface area contributed by atoms with Crippen molar-refractivity contribution < 1.29 is 9.53 Å². The van der Waals surface area contributed by atoms with Crippen LogP contribution >= 0.6 is 11.3 Å². The van der Waals surface area contributed by atoms with Gasteiger partial charge in [0.2, 0.25) is 0 Å². The summed E-state index contributed by atoms with van der Waals surface area (Å²) in [4.78, 5) is 18.3. The molecule has 0 radical (unpaired) electrons. The smallest absolute Gasteiger partial charge is 0.194 e. The number of hydrogen-bond acceptors (Lipinski definition) is 4. The van der Waals surface area contributed by atoms with E-state index in [-0.39, 0.29) is 5.78 Å². The van der Waals surface area contributed by atoms with Crippen molar-refractivity contribution in [2.24, 2.45) is 0 Å². The van der Waals surface area contributed by atoms with Crippen LogP contribution in [0.25, 0.3) is 22.3 Å². The Kier molecular flexibility index (Phi) is 4.84. The number of allylic oxidation sites excluding steroid dienone is 1. The van der Waals surface area contributed by atoms with E-state index in [0.29, 0.717) is 5.56 Å². The lowest BCUT2D eigenvalue weighted by molar-refractivity contribution is 0.104. The third kappa shape index (κ3) is 3.37. The van der Waals surface area contributed by atoms with Gasteiger partial charge in [-0.05, 0) is 67.5 Å². The summed E-state index contributed by atoms with van der Waals surface area (Å²) in [6.45, 7) is 4.06. The highest BCUT2D eigenvalue weighted by Crippen LogP contribution is 2.29. The highest BCUT2D eigenvalue weighted by molar-refractivity contribution is 7.15. The highest BCUT2D eigenvalue weighted by Gasteiger charge is 2.14. The summed E-state index contributed by atoms with van der Waals surface area (Å²) in [5.41, 5.74) is 5.70. The molecule has 4 aromatic rings. The van der Waals surface area contributed by atoms with Gasteiger partial charge >= 0.3 is 0 Å². The van der Waals surface area contributed by atoms with Gasteiger partial charge in [0, 0.05) is 22.7 Å². The number of carbonyl (C=O) groups is 1. The van der Waals surface area contributed by atoms with Crippen LogP contribution in [0.3, 0.4) is 0 Å². The molecule has 140 valence electrons. The summed E-state index contributed by atoms with van der Waals surface area (Å²) in [7, 11) is 1.65. The minimum absolute atomic E-state index is 0.0195. The Labute approximate surface area is 167 Å². The van der Waals surface area contributed by atoms with Crippen LogP contribution in [0.2, 0.25) is 0 Å². The van der Waals surface area contributed by atoms with Gasteiger partial charge in [-0.3, -0.25) is 9.20 Å². The quantitative estimate of drug-likeness (QED) is 0.331. The summed E-state index contributed by atoms with van der Waals surface area (Å²) in [6, 6.07) is 13.6. The third-order valence-corrected chi connectivity index (χ3v) is 5.60. The summed E-state index contributed by atoms with van der Waals surface area (Å²) in [6.07, 6.45) is 5.45. The fourth-order valence-electron chi connectivity index (χ4n) is 3.07. The normalized spacial score (nSPS) is 11.4. The first-order valence-electron chi connectivity index (χ1n) is 8.96. The van der Waals surface area contributed by atoms with Crippen LogP contribution < -0.4 is 4.74 Å². The van der Waals surface area contributed by atoms with E-state index >= 15 is 0 Å². The average Bonchev–Trinajstić information content (AvgIpc) is 3.30. The molecule has 0 bridgehead atoms. The van der Waals surface area contributed by atoms with Crippen LogP contribution in [0.5, 0.6) is 5.75 Å². The van der Waals surface area contributed by atoms with E-state index in [9.17, 15) is 4.79 Å². The zero-order valence-corrected chi connectivity index (χ0v) is 16.8. The average molecular weight is 388 g/mol. The van der Waals surface area contributed by atoms with Gasteiger partial charge in [-0.15, -0.1) is 11.3 Å². The SMILES string of the molecule is COc1ccc(-c2nc3sccn3c2/C=C/C(=O)c2ccc(C)c(C)c2)cc1. The second-order valence-corrected chi connectivity index (χ2v) is 7.50. The molecule has 0 saturated heterocycles. The van der Waals surface area contributed by atoms with E-state index in [1.54, 1.807) is 24.5 Å². The van der Waals surface area contributed by atoms with Gasteiger partial charge < -0.3 is 4.74 Å². The molecule has 0 spiro atoms. The van der Waals surface area contributed by atoms with Gasteiger partial charge in [-0.2, -0.15) is 0 Å². The standard InChI is InChI=1S/C23H20N2O2S/c1-15-4-5-18(14-16(15)2)21(26)11-10-20-22(24-23-25(20)12-13-28-23)17-6-8-19(27-3)9-7-17/h4-14H,1-3H3/b11-10+. The molecular formula is C23H20N2O2S. The van der Waals surface area contributed by atoms with Crippen molar-refractivity contribution >= 4 is 28.2 Å². The van der Waals surface area contributed by atoms with Gasteiger partial charge in [-0.1, -0.05) is 12.1 Å². The molecule has 0 fully saturated rings. The molecule has 0 aliphatic heterocycles. The maximum Gasteiger partial charge on any atom is 0.194 e. The number of aryl methyl sites for hydroxylation is 2. The number of thiazole rings is 1. The van der Waals surface area contributed by atoms with Crippen LogP contribution in [0.1, 0.15) is 27.2 Å². The first-order chi connectivity index (χ1) is 13.6. The molecule has 5 heteroatoms. The molecule has 0 unspecified atom stereocenters. The predicted octanol–water partition coefficient (Wildman–Crippen LogP) is 5.58. The second kappa shape index (κ2) is 7.44. The molecule has 0 N–H and O–H groups in total. The number of hydrogen-bond donors (Lipinski definition) is 0. The number of ether oxygens (including phenoxy) is 1. The van der Waals surface area contributed by atoms with Crippen molar-refractivity contribution in [1.82, 2.24) is 9.38 Å². The van der Waals surface area contributed by atoms with Gasteiger partial charge in [0.15, 0.2) is 10.7 Å². The van der Waals surface area contributed by atoms with E-state index in [0.717, 1.165) is 33.2 Å². The van der Waals surface area contributed by atoms with Gasteiger partial charge in [0.05, 0.1) is 18.5 Å². The molecular weight excluding hydrogens is 368 g/mol. The molecule has 0 aliphatic carbocycles. The predicted molar refractivity (Wildman–Crippen MR) is 114 cm³/mol. The Morgan fingerprint density at radius 2 is 1.89 bits per heavy atom. The zero-order valence-electron chi connectivity index (χ0n) is 16.0. The van der Waals surface area contributed by atoms with Crippen LogP contribution in [-0.2, 0) is 0 Å². The van der Waals surface area contributed by atoms with Crippen molar-refractivity contribution in [1.29, 1.82) is 0 Å². The number of rotatable bonds is 5. The minimum atomic E-state index is -0.0195. The molecule has 28 heavy (non-hydrogen) atoms. The molecule has 0 amide bonds. The monoisotopic (exact) mass is 388 g/mol. The fourth-order valence-corrected chi connectivity index (χ4v) is 3.79. The number of imidazole rings is 1. The van der Waals surface area contributed by atoms with E-state index in [1.807, 2.05) is 78.4 Å². The zero-order chi connectivity index (χ0) is 19.7. The Bertz CT molecular complexity index is 1180. The minimum Gasteiger partial charge on any atom is -0.497 e. The van der Waals surface area contributed by atoms with Gasteiger partial charge in [0.1, 0.15) is 5.75 Å². The Hall–Kier alpha value is -3.18. The van der Waals surface area contributed by atoms with Crippen molar-refractivity contribution in [2.45, 2.75) is 13.8 Å². The van der Waals surface area contributed by atoms with Crippen molar-refractivity contribution in [3.05, 3.63) is 82.5 Å². The third-order valence-electron chi connectivity index (χ3n) is 4.85. The van der Waals surface area contributed by atoms with E-state index in [4.69, 9.17) is 9.72 Å². The summed E-state index contributed by atoms with van der Waals surface area (Å²) >= 11 is 1.57. The molecule has 0 aliphatic rings. The summed E-state index contributed by atoms with van der Waals surface area (Å²) in [5.74, 6) is 0.778. The molecule has 0 saturated carbocycles. The molecule has 4 nitrogen and oxygen atoms in total. The summed E-state index contributed by atoms with van der Waals surface area (Å²) < 4.78 is 7.25. The molecule has 2 heterocycles. The largest absolute Gasteiger partial charge is 0.497 e. The molecule has 0 atom stereocenters. The van der Waals surface area contributed by atoms with Crippen molar-refractivity contribution in [3.63, 3.8) is 0 Å².